The van der Waals surface area contributed by atoms with Crippen molar-refractivity contribution < 1.29 is 17.9 Å². The molecule has 1 aliphatic rings. The molecule has 0 aromatic carbocycles. The monoisotopic (exact) mass is 221 g/mol. The van der Waals surface area contributed by atoms with Crippen LogP contribution in [0.15, 0.2) is 23.5 Å². The second kappa shape index (κ2) is 4.70. The van der Waals surface area contributed by atoms with Gasteiger partial charge in [-0.15, -0.1) is 13.2 Å². The van der Waals surface area contributed by atoms with E-state index >= 15 is 0 Å². The molecule has 0 bridgehead atoms. The second-order valence-electron chi connectivity index (χ2n) is 3.42. The largest absolute Gasteiger partial charge is 0.572 e. The lowest BCUT2D eigenvalue weighted by Gasteiger charge is -2.19. The summed E-state index contributed by atoms with van der Waals surface area (Å²) in [7, 11) is 0. The summed E-state index contributed by atoms with van der Waals surface area (Å²) < 4.78 is 39.7. The van der Waals surface area contributed by atoms with E-state index in [1.807, 2.05) is 13.0 Å². The first-order valence-corrected chi connectivity index (χ1v) is 4.84. The summed E-state index contributed by atoms with van der Waals surface area (Å²) in [5, 5.41) is 0. The quantitative estimate of drug-likeness (QED) is 0.795. The van der Waals surface area contributed by atoms with Gasteiger partial charge in [0.2, 0.25) is 0 Å². The summed E-state index contributed by atoms with van der Waals surface area (Å²) in [6.07, 6.45) is 0.166. The highest BCUT2D eigenvalue weighted by Gasteiger charge is 2.32. The van der Waals surface area contributed by atoms with Gasteiger partial charge in [-0.25, -0.2) is 0 Å². The molecule has 86 valence electrons. The van der Waals surface area contributed by atoms with E-state index in [4.69, 9.17) is 5.73 Å². The maximum Gasteiger partial charge on any atom is 0.572 e. The molecule has 0 spiro atoms. The number of hydrogen-bond donors (Lipinski definition) is 1. The number of nitrogens with two attached hydrogens (primary N) is 1. The minimum absolute atomic E-state index is 0.0519. The van der Waals surface area contributed by atoms with Gasteiger partial charge in [-0.2, -0.15) is 0 Å². The zero-order chi connectivity index (χ0) is 11.5. The Hall–Kier alpha value is -0.970. The molecular weight excluding hydrogens is 207 g/mol. The molecule has 0 saturated carbocycles. The Bertz CT molecular complexity index is 281. The van der Waals surface area contributed by atoms with Crippen molar-refractivity contribution in [3.63, 3.8) is 0 Å². The Morgan fingerprint density at radius 3 is 2.73 bits per heavy atom. The van der Waals surface area contributed by atoms with Gasteiger partial charge in [0, 0.05) is 12.5 Å². The minimum atomic E-state index is -4.61. The second-order valence-corrected chi connectivity index (χ2v) is 3.42. The molecule has 0 aromatic heterocycles. The van der Waals surface area contributed by atoms with E-state index in [0.717, 1.165) is 5.57 Å². The first kappa shape index (κ1) is 12.1. The summed E-state index contributed by atoms with van der Waals surface area (Å²) in [6, 6.07) is -0.211. The van der Waals surface area contributed by atoms with E-state index < -0.39 is 6.36 Å². The number of halogens is 3. The number of allylic oxidation sites excluding steroid dienone is 2. The van der Waals surface area contributed by atoms with E-state index in [0.29, 0.717) is 12.8 Å². The predicted molar refractivity (Wildman–Crippen MR) is 50.8 cm³/mol. The van der Waals surface area contributed by atoms with Gasteiger partial charge in [0.1, 0.15) is 5.76 Å². The molecule has 2 nitrogen and oxygen atoms in total. The van der Waals surface area contributed by atoms with Crippen LogP contribution in [0.2, 0.25) is 0 Å². The number of ether oxygens (including phenoxy) is 1. The van der Waals surface area contributed by atoms with Gasteiger partial charge in [-0.3, -0.25) is 0 Å². The summed E-state index contributed by atoms with van der Waals surface area (Å²) in [4.78, 5) is 0. The predicted octanol–water partition coefficient (Wildman–Crippen LogP) is 2.86. The van der Waals surface area contributed by atoms with Crippen molar-refractivity contribution in [2.45, 2.75) is 38.6 Å². The summed E-state index contributed by atoms with van der Waals surface area (Å²) in [5.74, 6) is -0.0519. The van der Waals surface area contributed by atoms with Crippen LogP contribution in [0.4, 0.5) is 13.2 Å². The fourth-order valence-corrected chi connectivity index (χ4v) is 1.42. The van der Waals surface area contributed by atoms with Crippen LogP contribution >= 0.6 is 0 Å². The zero-order valence-corrected chi connectivity index (χ0v) is 8.47. The minimum Gasteiger partial charge on any atom is -0.410 e. The Kier molecular flexibility index (Phi) is 3.79. The Labute approximate surface area is 86.6 Å². The van der Waals surface area contributed by atoms with Crippen molar-refractivity contribution >= 4 is 0 Å². The zero-order valence-electron chi connectivity index (χ0n) is 8.47. The molecule has 1 rings (SSSR count). The van der Waals surface area contributed by atoms with Gasteiger partial charge < -0.3 is 10.5 Å². The molecule has 0 radical (unpaired) electrons. The maximum atomic E-state index is 11.9. The third kappa shape index (κ3) is 3.95. The average molecular weight is 221 g/mol. The highest BCUT2D eigenvalue weighted by atomic mass is 19.4. The van der Waals surface area contributed by atoms with E-state index in [1.165, 1.54) is 6.08 Å². The lowest BCUT2D eigenvalue weighted by Crippen LogP contribution is -2.22. The summed E-state index contributed by atoms with van der Waals surface area (Å²) in [5.41, 5.74) is 6.45. The van der Waals surface area contributed by atoms with Gasteiger partial charge in [-0.05, 0) is 24.5 Å². The molecule has 0 amide bonds. The van der Waals surface area contributed by atoms with Crippen LogP contribution in [-0.4, -0.2) is 12.4 Å². The first-order valence-electron chi connectivity index (χ1n) is 4.84. The number of hydrogen-bond acceptors (Lipinski definition) is 2. The number of rotatable bonds is 3. The van der Waals surface area contributed by atoms with Crippen molar-refractivity contribution in [2.24, 2.45) is 5.73 Å². The summed E-state index contributed by atoms with van der Waals surface area (Å²) >= 11 is 0. The molecule has 0 aliphatic heterocycles. The molecule has 2 N–H and O–H groups in total. The highest BCUT2D eigenvalue weighted by molar-refractivity contribution is 5.29. The van der Waals surface area contributed by atoms with Crippen LogP contribution in [0.3, 0.4) is 0 Å². The summed E-state index contributed by atoms with van der Waals surface area (Å²) in [6.45, 7) is 1.89. The van der Waals surface area contributed by atoms with Gasteiger partial charge in [0.25, 0.3) is 0 Å². The van der Waals surface area contributed by atoms with Crippen molar-refractivity contribution in [2.75, 3.05) is 0 Å². The Morgan fingerprint density at radius 2 is 2.20 bits per heavy atom. The van der Waals surface area contributed by atoms with Crippen molar-refractivity contribution in [3.8, 4) is 0 Å². The SMILES string of the molecule is CCC(N)C1=CCCC(OC(F)(F)F)=C1. The maximum absolute atomic E-state index is 11.9. The molecule has 0 aromatic rings. The lowest BCUT2D eigenvalue weighted by atomic mass is 9.98. The van der Waals surface area contributed by atoms with Gasteiger partial charge >= 0.3 is 6.36 Å². The molecule has 15 heavy (non-hydrogen) atoms. The smallest absolute Gasteiger partial charge is 0.410 e. The van der Waals surface area contributed by atoms with Crippen molar-refractivity contribution in [1.29, 1.82) is 0 Å². The van der Waals surface area contributed by atoms with E-state index in [1.54, 1.807) is 0 Å². The van der Waals surface area contributed by atoms with Crippen LogP contribution in [0.25, 0.3) is 0 Å². The highest BCUT2D eigenvalue weighted by Crippen LogP contribution is 2.27. The van der Waals surface area contributed by atoms with Gasteiger partial charge in [0.15, 0.2) is 0 Å². The molecule has 1 unspecified atom stereocenters. The standard InChI is InChI=1S/C10H14F3NO/c1-2-9(14)7-4-3-5-8(6-7)15-10(11,12)13/h4,6,9H,2-3,5,14H2,1H3. The third-order valence-corrected chi connectivity index (χ3v) is 2.21. The van der Waals surface area contributed by atoms with Crippen LogP contribution < -0.4 is 5.73 Å². The molecule has 5 heteroatoms. The van der Waals surface area contributed by atoms with E-state index in [9.17, 15) is 13.2 Å². The topological polar surface area (TPSA) is 35.2 Å². The van der Waals surface area contributed by atoms with Gasteiger partial charge in [-0.1, -0.05) is 13.0 Å². The molecular formula is C10H14F3NO. The van der Waals surface area contributed by atoms with Crippen molar-refractivity contribution in [3.05, 3.63) is 23.5 Å². The normalized spacial score (nSPS) is 19.3. The van der Waals surface area contributed by atoms with Crippen LogP contribution in [0.5, 0.6) is 0 Å². The van der Waals surface area contributed by atoms with Crippen LogP contribution in [0.1, 0.15) is 26.2 Å². The van der Waals surface area contributed by atoms with E-state index in [2.05, 4.69) is 4.74 Å². The molecule has 0 saturated heterocycles. The van der Waals surface area contributed by atoms with Crippen molar-refractivity contribution in [1.82, 2.24) is 0 Å². The fourth-order valence-electron chi connectivity index (χ4n) is 1.42. The lowest BCUT2D eigenvalue weighted by molar-refractivity contribution is -0.306. The Morgan fingerprint density at radius 1 is 1.53 bits per heavy atom. The fraction of sp³-hybridized carbons (Fsp3) is 0.600. The average Bonchev–Trinajstić information content (AvgIpc) is 2.14. The van der Waals surface area contributed by atoms with E-state index in [-0.39, 0.29) is 18.2 Å². The molecule has 1 atom stereocenters. The third-order valence-electron chi connectivity index (χ3n) is 2.21. The molecule has 0 heterocycles. The first-order chi connectivity index (χ1) is 6.92. The number of alkyl halides is 3. The Balaban J connectivity index is 2.68. The van der Waals surface area contributed by atoms with Crippen LogP contribution in [0, 0.1) is 0 Å². The van der Waals surface area contributed by atoms with Crippen LogP contribution in [-0.2, 0) is 4.74 Å². The molecule has 1 aliphatic carbocycles. The molecule has 0 fully saturated rings. The van der Waals surface area contributed by atoms with Gasteiger partial charge in [0.05, 0.1) is 0 Å².